The van der Waals surface area contributed by atoms with E-state index in [1.165, 1.54) is 19.2 Å². The smallest absolute Gasteiger partial charge is 0.242 e. The van der Waals surface area contributed by atoms with E-state index in [1.807, 2.05) is 0 Å². The van der Waals surface area contributed by atoms with Crippen molar-refractivity contribution in [2.45, 2.75) is 4.90 Å². The Bertz CT molecular complexity index is 555. The van der Waals surface area contributed by atoms with Crippen LogP contribution in [0.3, 0.4) is 0 Å². The Morgan fingerprint density at radius 1 is 1.37 bits per heavy atom. The van der Waals surface area contributed by atoms with Gasteiger partial charge in [-0.1, -0.05) is 18.2 Å². The SMILES string of the molecule is C=CCNCC(=O)Nc1ccccc1S(=O)(=O)NC. The fourth-order valence-corrected chi connectivity index (χ4v) is 2.28. The van der Waals surface area contributed by atoms with Crippen LogP contribution in [-0.4, -0.2) is 34.5 Å². The minimum atomic E-state index is -3.60. The molecule has 7 heteroatoms. The van der Waals surface area contributed by atoms with Crippen molar-refractivity contribution in [3.8, 4) is 0 Å². The number of sulfonamides is 1. The fraction of sp³-hybridized carbons (Fsp3) is 0.250. The van der Waals surface area contributed by atoms with Gasteiger partial charge in [-0.25, -0.2) is 13.1 Å². The second-order valence-corrected chi connectivity index (χ2v) is 5.53. The lowest BCUT2D eigenvalue weighted by atomic mass is 10.3. The van der Waals surface area contributed by atoms with Crippen LogP contribution >= 0.6 is 0 Å². The van der Waals surface area contributed by atoms with Crippen molar-refractivity contribution in [1.29, 1.82) is 0 Å². The molecule has 3 N–H and O–H groups in total. The summed E-state index contributed by atoms with van der Waals surface area (Å²) in [4.78, 5) is 11.7. The molecule has 0 heterocycles. The number of para-hydroxylation sites is 1. The summed E-state index contributed by atoms with van der Waals surface area (Å²) in [6.45, 7) is 4.10. The molecule has 1 aromatic carbocycles. The number of hydrogen-bond donors (Lipinski definition) is 3. The summed E-state index contributed by atoms with van der Waals surface area (Å²) in [5.74, 6) is -0.319. The molecule has 0 atom stereocenters. The highest BCUT2D eigenvalue weighted by molar-refractivity contribution is 7.89. The van der Waals surface area contributed by atoms with Crippen molar-refractivity contribution in [1.82, 2.24) is 10.0 Å². The highest BCUT2D eigenvalue weighted by Crippen LogP contribution is 2.19. The molecular formula is C12H17N3O3S. The van der Waals surface area contributed by atoms with Crippen molar-refractivity contribution in [3.63, 3.8) is 0 Å². The summed E-state index contributed by atoms with van der Waals surface area (Å²) in [6, 6.07) is 6.21. The Hall–Kier alpha value is -1.70. The zero-order chi connectivity index (χ0) is 14.3. The van der Waals surface area contributed by atoms with Gasteiger partial charge in [-0.05, 0) is 19.2 Å². The van der Waals surface area contributed by atoms with E-state index in [1.54, 1.807) is 18.2 Å². The minimum Gasteiger partial charge on any atom is -0.324 e. The van der Waals surface area contributed by atoms with Crippen LogP contribution in [0, 0.1) is 0 Å². The molecule has 0 unspecified atom stereocenters. The molecule has 6 nitrogen and oxygen atoms in total. The average Bonchev–Trinajstić information content (AvgIpc) is 2.39. The molecule has 1 rings (SSSR count). The highest BCUT2D eigenvalue weighted by atomic mass is 32.2. The van der Waals surface area contributed by atoms with Gasteiger partial charge in [0.1, 0.15) is 4.90 Å². The van der Waals surface area contributed by atoms with E-state index in [0.29, 0.717) is 6.54 Å². The van der Waals surface area contributed by atoms with Crippen LogP contribution in [-0.2, 0) is 14.8 Å². The summed E-state index contributed by atoms with van der Waals surface area (Å²) in [5, 5.41) is 5.39. The standard InChI is InChI=1S/C12H17N3O3S/c1-3-8-14-9-12(16)15-10-6-4-5-7-11(10)19(17,18)13-2/h3-7,13-14H,1,8-9H2,2H3,(H,15,16). The van der Waals surface area contributed by atoms with Crippen LogP contribution in [0.25, 0.3) is 0 Å². The van der Waals surface area contributed by atoms with Crippen LogP contribution < -0.4 is 15.4 Å². The molecule has 0 aromatic heterocycles. The van der Waals surface area contributed by atoms with Gasteiger partial charge in [0, 0.05) is 6.54 Å². The van der Waals surface area contributed by atoms with E-state index in [2.05, 4.69) is 21.9 Å². The van der Waals surface area contributed by atoms with Crippen molar-refractivity contribution in [3.05, 3.63) is 36.9 Å². The Balaban J connectivity index is 2.84. The third-order valence-electron chi connectivity index (χ3n) is 2.29. The first kappa shape index (κ1) is 15.4. The van der Waals surface area contributed by atoms with Gasteiger partial charge < -0.3 is 10.6 Å². The lowest BCUT2D eigenvalue weighted by molar-refractivity contribution is -0.115. The maximum absolute atomic E-state index is 11.8. The molecule has 0 radical (unpaired) electrons. The third-order valence-corrected chi connectivity index (χ3v) is 3.77. The van der Waals surface area contributed by atoms with Crippen LogP contribution in [0.2, 0.25) is 0 Å². The van der Waals surface area contributed by atoms with E-state index >= 15 is 0 Å². The molecule has 1 amide bonds. The minimum absolute atomic E-state index is 0.0366. The maximum Gasteiger partial charge on any atom is 0.242 e. The molecule has 19 heavy (non-hydrogen) atoms. The van der Waals surface area contributed by atoms with Crippen molar-refractivity contribution in [2.75, 3.05) is 25.5 Å². The van der Waals surface area contributed by atoms with Gasteiger partial charge in [0.25, 0.3) is 0 Å². The van der Waals surface area contributed by atoms with Crippen molar-refractivity contribution < 1.29 is 13.2 Å². The molecule has 0 aliphatic carbocycles. The van der Waals surface area contributed by atoms with Gasteiger partial charge in [-0.3, -0.25) is 4.79 Å². The number of rotatable bonds is 7. The fourth-order valence-electron chi connectivity index (χ4n) is 1.40. The molecule has 1 aromatic rings. The van der Waals surface area contributed by atoms with Crippen molar-refractivity contribution in [2.24, 2.45) is 0 Å². The monoisotopic (exact) mass is 283 g/mol. The second-order valence-electron chi connectivity index (χ2n) is 3.67. The maximum atomic E-state index is 11.8. The first-order valence-corrected chi connectivity index (χ1v) is 7.13. The molecule has 0 fully saturated rings. The summed E-state index contributed by atoms with van der Waals surface area (Å²) in [6.07, 6.45) is 1.63. The molecule has 0 bridgehead atoms. The molecular weight excluding hydrogens is 266 g/mol. The largest absolute Gasteiger partial charge is 0.324 e. The highest BCUT2D eigenvalue weighted by Gasteiger charge is 2.17. The summed E-state index contributed by atoms with van der Waals surface area (Å²) in [7, 11) is -2.28. The number of nitrogens with one attached hydrogen (secondary N) is 3. The van der Waals surface area contributed by atoms with Crippen LogP contribution in [0.1, 0.15) is 0 Å². The Morgan fingerprint density at radius 2 is 2.05 bits per heavy atom. The topological polar surface area (TPSA) is 87.3 Å². The first-order valence-electron chi connectivity index (χ1n) is 5.65. The van der Waals surface area contributed by atoms with E-state index in [9.17, 15) is 13.2 Å². The number of carbonyl (C=O) groups excluding carboxylic acids is 1. The molecule has 0 spiro atoms. The average molecular weight is 283 g/mol. The summed E-state index contributed by atoms with van der Waals surface area (Å²) < 4.78 is 25.8. The first-order chi connectivity index (χ1) is 9.01. The third kappa shape index (κ3) is 4.47. The van der Waals surface area contributed by atoms with E-state index in [4.69, 9.17) is 0 Å². The summed E-state index contributed by atoms with van der Waals surface area (Å²) in [5.41, 5.74) is 0.252. The predicted molar refractivity (Wildman–Crippen MR) is 74.4 cm³/mol. The number of carbonyl (C=O) groups is 1. The van der Waals surface area contributed by atoms with E-state index in [0.717, 1.165) is 0 Å². The molecule has 104 valence electrons. The Kier molecular flexibility index (Phi) is 5.68. The molecule has 0 aliphatic rings. The number of anilines is 1. The number of hydrogen-bond acceptors (Lipinski definition) is 4. The Morgan fingerprint density at radius 3 is 2.68 bits per heavy atom. The number of benzene rings is 1. The van der Waals surface area contributed by atoms with E-state index in [-0.39, 0.29) is 23.0 Å². The summed E-state index contributed by atoms with van der Waals surface area (Å²) >= 11 is 0. The lowest BCUT2D eigenvalue weighted by Gasteiger charge is -2.11. The Labute approximate surface area is 113 Å². The normalized spacial score (nSPS) is 11.0. The van der Waals surface area contributed by atoms with Gasteiger partial charge >= 0.3 is 0 Å². The zero-order valence-electron chi connectivity index (χ0n) is 10.6. The quantitative estimate of drug-likeness (QED) is 0.496. The molecule has 0 saturated heterocycles. The van der Waals surface area contributed by atoms with Crippen LogP contribution in [0.4, 0.5) is 5.69 Å². The van der Waals surface area contributed by atoms with Gasteiger partial charge in [-0.15, -0.1) is 6.58 Å². The van der Waals surface area contributed by atoms with Crippen molar-refractivity contribution >= 4 is 21.6 Å². The van der Waals surface area contributed by atoms with Crippen LogP contribution in [0.15, 0.2) is 41.8 Å². The zero-order valence-corrected chi connectivity index (χ0v) is 11.5. The second kappa shape index (κ2) is 7.03. The van der Waals surface area contributed by atoms with Gasteiger partial charge in [0.05, 0.1) is 12.2 Å². The van der Waals surface area contributed by atoms with Crippen LogP contribution in [0.5, 0.6) is 0 Å². The molecule has 0 aliphatic heterocycles. The van der Waals surface area contributed by atoms with E-state index < -0.39 is 10.0 Å². The molecule has 0 saturated carbocycles. The van der Waals surface area contributed by atoms with Gasteiger partial charge in [0.15, 0.2) is 0 Å². The predicted octanol–water partition coefficient (Wildman–Crippen LogP) is 0.309. The van der Waals surface area contributed by atoms with Gasteiger partial charge in [0.2, 0.25) is 15.9 Å². The lowest BCUT2D eigenvalue weighted by Crippen LogP contribution is -2.29. The van der Waals surface area contributed by atoms with Gasteiger partial charge in [-0.2, -0.15) is 0 Å². The number of amides is 1.